The second-order valence-electron chi connectivity index (χ2n) is 9.32. The fourth-order valence-electron chi connectivity index (χ4n) is 5.00. The van der Waals surface area contributed by atoms with E-state index in [9.17, 15) is 9.59 Å². The topological polar surface area (TPSA) is 63.4 Å². The van der Waals surface area contributed by atoms with E-state index < -0.39 is 0 Å². The van der Waals surface area contributed by atoms with E-state index in [2.05, 4.69) is 12.0 Å². The van der Waals surface area contributed by atoms with Crippen molar-refractivity contribution in [3.8, 4) is 11.5 Å². The molecule has 1 atom stereocenters. The molecule has 0 saturated carbocycles. The lowest BCUT2D eigenvalue weighted by Crippen LogP contribution is -2.48. The summed E-state index contributed by atoms with van der Waals surface area (Å²) < 4.78 is 3.73. The quantitative estimate of drug-likeness (QED) is 0.614. The van der Waals surface area contributed by atoms with Gasteiger partial charge in [0.25, 0.3) is 5.91 Å². The fraction of sp³-hybridized carbons (Fsp3) is 0.423. The third kappa shape index (κ3) is 4.32. The zero-order valence-corrected chi connectivity index (χ0v) is 19.1. The smallest absolute Gasteiger partial charge is 0.259 e. The van der Waals surface area contributed by atoms with Gasteiger partial charge in [-0.15, -0.1) is 0 Å². The van der Waals surface area contributed by atoms with Gasteiger partial charge in [-0.25, -0.2) is 4.68 Å². The zero-order chi connectivity index (χ0) is 22.8. The number of likely N-dealkylation sites (tertiary alicyclic amines) is 2. The Labute approximate surface area is 194 Å². The van der Waals surface area contributed by atoms with Crippen LogP contribution >= 0.6 is 0 Å². The lowest BCUT2D eigenvalue weighted by molar-refractivity contribution is -0.138. The molecule has 1 aromatic carbocycles. The van der Waals surface area contributed by atoms with Crippen LogP contribution < -0.4 is 0 Å². The number of rotatable bonds is 4. The first-order chi connectivity index (χ1) is 16.1. The second-order valence-corrected chi connectivity index (χ2v) is 9.32. The van der Waals surface area contributed by atoms with Crippen LogP contribution in [0, 0.1) is 11.8 Å². The number of benzene rings is 1. The van der Waals surface area contributed by atoms with Crippen LogP contribution in [0.4, 0.5) is 0 Å². The lowest BCUT2D eigenvalue weighted by atomic mass is 9.93. The van der Waals surface area contributed by atoms with E-state index in [1.54, 1.807) is 10.9 Å². The molecule has 2 aromatic heterocycles. The van der Waals surface area contributed by atoms with Crippen molar-refractivity contribution >= 4 is 11.8 Å². The molecule has 0 radical (unpaired) electrons. The maximum absolute atomic E-state index is 13.7. The van der Waals surface area contributed by atoms with Gasteiger partial charge < -0.3 is 14.4 Å². The number of amides is 2. The Balaban J connectivity index is 1.39. The first kappa shape index (κ1) is 21.5. The van der Waals surface area contributed by atoms with E-state index in [1.165, 1.54) is 0 Å². The van der Waals surface area contributed by atoms with Gasteiger partial charge in [-0.3, -0.25) is 9.59 Å². The van der Waals surface area contributed by atoms with Crippen molar-refractivity contribution in [1.82, 2.24) is 24.1 Å². The van der Waals surface area contributed by atoms with Crippen LogP contribution in [-0.2, 0) is 4.79 Å². The van der Waals surface area contributed by atoms with Crippen LogP contribution in [0.1, 0.15) is 43.0 Å². The first-order valence-electron chi connectivity index (χ1n) is 12.0. The summed E-state index contributed by atoms with van der Waals surface area (Å²) in [5.74, 6) is 1.44. The minimum Gasteiger partial charge on any atom is -0.342 e. The predicted octanol–water partition coefficient (Wildman–Crippen LogP) is 3.77. The van der Waals surface area contributed by atoms with Crippen LogP contribution in [0.3, 0.4) is 0 Å². The van der Waals surface area contributed by atoms with Crippen molar-refractivity contribution in [2.24, 2.45) is 11.8 Å². The maximum atomic E-state index is 13.7. The van der Waals surface area contributed by atoms with E-state index in [-0.39, 0.29) is 17.7 Å². The van der Waals surface area contributed by atoms with Crippen molar-refractivity contribution < 1.29 is 9.59 Å². The summed E-state index contributed by atoms with van der Waals surface area (Å²) in [6.07, 6.45) is 9.34. The molecule has 0 unspecified atom stereocenters. The molecule has 2 aliphatic rings. The average molecular weight is 446 g/mol. The van der Waals surface area contributed by atoms with Gasteiger partial charge in [0.1, 0.15) is 5.56 Å². The van der Waals surface area contributed by atoms with E-state index in [0.717, 1.165) is 50.3 Å². The molecule has 7 heteroatoms. The molecule has 0 aliphatic carbocycles. The van der Waals surface area contributed by atoms with Crippen LogP contribution in [0.2, 0.25) is 0 Å². The fourth-order valence-corrected chi connectivity index (χ4v) is 5.00. The van der Waals surface area contributed by atoms with Crippen molar-refractivity contribution in [3.05, 3.63) is 66.6 Å². The Morgan fingerprint density at radius 3 is 2.36 bits per heavy atom. The van der Waals surface area contributed by atoms with Gasteiger partial charge >= 0.3 is 0 Å². The highest BCUT2D eigenvalue weighted by atomic mass is 16.2. The Hall–Kier alpha value is -3.35. The van der Waals surface area contributed by atoms with Crippen molar-refractivity contribution in [1.29, 1.82) is 0 Å². The first-order valence-corrected chi connectivity index (χ1v) is 12.0. The highest BCUT2D eigenvalue weighted by molar-refractivity contribution is 5.97. The van der Waals surface area contributed by atoms with Crippen LogP contribution in [0.5, 0.6) is 0 Å². The number of carbonyl (C=O) groups excluding carboxylic acids is 2. The summed E-state index contributed by atoms with van der Waals surface area (Å²) in [5.41, 5.74) is 1.45. The third-order valence-electron chi connectivity index (χ3n) is 6.98. The summed E-state index contributed by atoms with van der Waals surface area (Å²) in [6.45, 7) is 5.07. The molecule has 2 aliphatic heterocycles. The van der Waals surface area contributed by atoms with Gasteiger partial charge in [-0.1, -0.05) is 25.1 Å². The third-order valence-corrected chi connectivity index (χ3v) is 6.98. The monoisotopic (exact) mass is 445 g/mol. The number of para-hydroxylation sites is 1. The van der Waals surface area contributed by atoms with Crippen LogP contribution in [0.15, 0.2) is 61.1 Å². The number of carbonyl (C=O) groups is 2. The number of hydrogen-bond donors (Lipinski definition) is 0. The largest absolute Gasteiger partial charge is 0.342 e. The highest BCUT2D eigenvalue weighted by Gasteiger charge is 2.34. The van der Waals surface area contributed by atoms with Crippen molar-refractivity contribution in [2.75, 3.05) is 26.2 Å². The van der Waals surface area contributed by atoms with Crippen molar-refractivity contribution in [2.45, 2.75) is 32.6 Å². The molecule has 172 valence electrons. The van der Waals surface area contributed by atoms with Crippen LogP contribution in [-0.4, -0.2) is 62.1 Å². The summed E-state index contributed by atoms with van der Waals surface area (Å²) in [5, 5.41) is 4.57. The normalized spacial score (nSPS) is 19.6. The van der Waals surface area contributed by atoms with Gasteiger partial charge in [0, 0.05) is 38.6 Å². The summed E-state index contributed by atoms with van der Waals surface area (Å²) in [6, 6.07) is 13.7. The molecule has 0 N–H and O–H groups in total. The second kappa shape index (κ2) is 9.25. The molecule has 2 amide bonds. The molecule has 2 saturated heterocycles. The van der Waals surface area contributed by atoms with E-state index in [4.69, 9.17) is 0 Å². The van der Waals surface area contributed by atoms with Gasteiger partial charge in [0.05, 0.1) is 17.8 Å². The SMILES string of the molecule is CC1CCN(C(=O)[C@H]2CCCN(C(=O)c3cnn(-c4ccccc4)c3-n3cccc3)C2)CC1. The Morgan fingerprint density at radius 2 is 1.64 bits per heavy atom. The van der Waals surface area contributed by atoms with Gasteiger partial charge in [-0.2, -0.15) is 5.10 Å². The standard InChI is InChI=1S/C26H31N5O2/c1-20-11-16-29(17-12-20)25(32)21-8-7-15-30(19-21)26(33)23-18-27-31(22-9-3-2-4-10-22)24(23)28-13-5-6-14-28/h2-6,9-10,13-14,18,20-21H,7-8,11-12,15-17,19H2,1H3/t21-/m0/s1. The molecule has 33 heavy (non-hydrogen) atoms. The van der Waals surface area contributed by atoms with E-state index >= 15 is 0 Å². The molecule has 3 aromatic rings. The minimum atomic E-state index is -0.115. The Morgan fingerprint density at radius 1 is 0.909 bits per heavy atom. The number of piperidine rings is 2. The lowest BCUT2D eigenvalue weighted by Gasteiger charge is -2.37. The minimum absolute atomic E-state index is 0.0642. The predicted molar refractivity (Wildman–Crippen MR) is 126 cm³/mol. The molecule has 4 heterocycles. The summed E-state index contributed by atoms with van der Waals surface area (Å²) in [4.78, 5) is 30.7. The number of nitrogens with zero attached hydrogens (tertiary/aromatic N) is 5. The molecular weight excluding hydrogens is 414 g/mol. The zero-order valence-electron chi connectivity index (χ0n) is 19.1. The summed E-state index contributed by atoms with van der Waals surface area (Å²) in [7, 11) is 0. The number of aromatic nitrogens is 3. The van der Waals surface area contributed by atoms with Gasteiger partial charge in [0.2, 0.25) is 5.91 Å². The molecule has 0 bridgehead atoms. The van der Waals surface area contributed by atoms with E-state index in [0.29, 0.717) is 24.6 Å². The molecule has 5 rings (SSSR count). The number of hydrogen-bond acceptors (Lipinski definition) is 3. The van der Waals surface area contributed by atoms with Gasteiger partial charge in [0.15, 0.2) is 5.82 Å². The summed E-state index contributed by atoms with van der Waals surface area (Å²) >= 11 is 0. The molecule has 7 nitrogen and oxygen atoms in total. The Kier molecular flexibility index (Phi) is 6.03. The maximum Gasteiger partial charge on any atom is 0.259 e. The molecular formula is C26H31N5O2. The Bertz CT molecular complexity index is 1100. The van der Waals surface area contributed by atoms with E-state index in [1.807, 2.05) is 69.2 Å². The van der Waals surface area contributed by atoms with Crippen molar-refractivity contribution in [3.63, 3.8) is 0 Å². The van der Waals surface area contributed by atoms with Crippen LogP contribution in [0.25, 0.3) is 11.5 Å². The van der Waals surface area contributed by atoms with Gasteiger partial charge in [-0.05, 0) is 55.9 Å². The average Bonchev–Trinajstić information content (AvgIpc) is 3.54. The molecule has 2 fully saturated rings. The highest BCUT2D eigenvalue weighted by Crippen LogP contribution is 2.26. The molecule has 0 spiro atoms.